The molecule has 2 heterocycles. The molecule has 0 aliphatic carbocycles. The van der Waals surface area contributed by atoms with Gasteiger partial charge in [-0.2, -0.15) is 0 Å². The molecule has 1 unspecified atom stereocenters. The number of carbonyl (C=O) groups is 2. The van der Waals surface area contributed by atoms with E-state index in [1.54, 1.807) is 6.07 Å². The van der Waals surface area contributed by atoms with Crippen molar-refractivity contribution in [3.05, 3.63) is 113 Å². The molecule has 5 rings (SSSR count). The van der Waals surface area contributed by atoms with Gasteiger partial charge < -0.3 is 19.4 Å². The Morgan fingerprint density at radius 2 is 1.92 bits per heavy atom. The summed E-state index contributed by atoms with van der Waals surface area (Å²) in [5.74, 6) is -0.136. The van der Waals surface area contributed by atoms with Crippen molar-refractivity contribution >= 4 is 17.5 Å². The number of rotatable bonds is 7. The number of benzene rings is 3. The molecule has 1 aliphatic rings. The minimum atomic E-state index is -0.514. The summed E-state index contributed by atoms with van der Waals surface area (Å²) in [5, 5.41) is 2.59. The highest BCUT2D eigenvalue weighted by molar-refractivity contribution is 6.02. The quantitative estimate of drug-likeness (QED) is 0.339. The van der Waals surface area contributed by atoms with Gasteiger partial charge in [0.15, 0.2) is 12.3 Å². The fourth-order valence-electron chi connectivity index (χ4n) is 4.63. The number of amides is 2. The van der Waals surface area contributed by atoms with Gasteiger partial charge in [0.2, 0.25) is 11.8 Å². The first-order valence-corrected chi connectivity index (χ1v) is 12.5. The number of nitrogens with zero attached hydrogens (tertiary/aromatic N) is 2. The highest BCUT2D eigenvalue weighted by Crippen LogP contribution is 2.38. The van der Waals surface area contributed by atoms with Gasteiger partial charge in [-0.05, 0) is 53.4 Å². The van der Waals surface area contributed by atoms with Gasteiger partial charge in [-0.1, -0.05) is 56.3 Å². The summed E-state index contributed by atoms with van der Waals surface area (Å²) in [4.78, 5) is 31.7. The topological polar surface area (TPSA) is 84.7 Å². The SMILES string of the molecule is CC(C)C(=O)N1CCc2ccc(OCc3nc(C(=O)Nc4cccc(F)c4)co3)cc2C1c1ccccc1. The Kier molecular flexibility index (Phi) is 7.22. The summed E-state index contributed by atoms with van der Waals surface area (Å²) in [6.07, 6.45) is 2.00. The molecule has 0 saturated heterocycles. The summed E-state index contributed by atoms with van der Waals surface area (Å²) in [6, 6.07) is 21.3. The lowest BCUT2D eigenvalue weighted by atomic mass is 9.87. The third kappa shape index (κ3) is 5.44. The average molecular weight is 514 g/mol. The van der Waals surface area contributed by atoms with Gasteiger partial charge in [-0.25, -0.2) is 9.37 Å². The van der Waals surface area contributed by atoms with Crippen LogP contribution in [0, 0.1) is 11.7 Å². The van der Waals surface area contributed by atoms with Crippen molar-refractivity contribution < 1.29 is 23.1 Å². The van der Waals surface area contributed by atoms with Crippen molar-refractivity contribution in [3.63, 3.8) is 0 Å². The first-order chi connectivity index (χ1) is 18.4. The summed E-state index contributed by atoms with van der Waals surface area (Å²) in [5.41, 5.74) is 3.62. The number of hydrogen-bond acceptors (Lipinski definition) is 5. The predicted molar refractivity (Wildman–Crippen MR) is 140 cm³/mol. The van der Waals surface area contributed by atoms with Gasteiger partial charge in [0, 0.05) is 18.2 Å². The second-order valence-electron chi connectivity index (χ2n) is 9.49. The van der Waals surface area contributed by atoms with E-state index >= 15 is 0 Å². The van der Waals surface area contributed by atoms with Crippen molar-refractivity contribution in [3.8, 4) is 5.75 Å². The lowest BCUT2D eigenvalue weighted by Gasteiger charge is -2.39. The van der Waals surface area contributed by atoms with Crippen LogP contribution < -0.4 is 10.1 Å². The maximum Gasteiger partial charge on any atom is 0.277 e. The molecule has 1 aromatic heterocycles. The normalized spacial score (nSPS) is 14.7. The van der Waals surface area contributed by atoms with Gasteiger partial charge >= 0.3 is 0 Å². The molecule has 0 bridgehead atoms. The number of anilines is 1. The smallest absolute Gasteiger partial charge is 0.277 e. The van der Waals surface area contributed by atoms with Gasteiger partial charge in [-0.15, -0.1) is 0 Å². The molecule has 4 aromatic rings. The van der Waals surface area contributed by atoms with E-state index in [1.165, 1.54) is 30.0 Å². The van der Waals surface area contributed by atoms with E-state index in [4.69, 9.17) is 9.15 Å². The van der Waals surface area contributed by atoms with Crippen LogP contribution in [0.25, 0.3) is 0 Å². The van der Waals surface area contributed by atoms with Gasteiger partial charge in [0.25, 0.3) is 5.91 Å². The fraction of sp³-hybridized carbons (Fsp3) is 0.233. The van der Waals surface area contributed by atoms with E-state index in [-0.39, 0.29) is 36.1 Å². The largest absolute Gasteiger partial charge is 0.484 e. The summed E-state index contributed by atoms with van der Waals surface area (Å²) < 4.78 is 24.8. The zero-order chi connectivity index (χ0) is 26.6. The molecule has 2 amide bonds. The Labute approximate surface area is 220 Å². The molecule has 8 heteroatoms. The first-order valence-electron chi connectivity index (χ1n) is 12.5. The number of nitrogens with one attached hydrogen (secondary N) is 1. The Morgan fingerprint density at radius 1 is 1.11 bits per heavy atom. The monoisotopic (exact) mass is 513 g/mol. The van der Waals surface area contributed by atoms with Crippen LogP contribution in [0.15, 0.2) is 83.5 Å². The Hall–Kier alpha value is -4.46. The molecule has 1 aliphatic heterocycles. The molecule has 0 radical (unpaired) electrons. The highest BCUT2D eigenvalue weighted by Gasteiger charge is 2.33. The summed E-state index contributed by atoms with van der Waals surface area (Å²) in [6.45, 7) is 4.50. The average Bonchev–Trinajstić information content (AvgIpc) is 3.40. The van der Waals surface area contributed by atoms with E-state index in [0.29, 0.717) is 18.0 Å². The van der Waals surface area contributed by atoms with Crippen LogP contribution in [0.5, 0.6) is 5.75 Å². The highest BCUT2D eigenvalue weighted by atomic mass is 19.1. The van der Waals surface area contributed by atoms with Crippen molar-refractivity contribution in [2.75, 3.05) is 11.9 Å². The number of fused-ring (bicyclic) bond motifs is 1. The van der Waals surface area contributed by atoms with Crippen LogP contribution >= 0.6 is 0 Å². The molecule has 38 heavy (non-hydrogen) atoms. The van der Waals surface area contributed by atoms with Gasteiger partial charge in [-0.3, -0.25) is 9.59 Å². The zero-order valence-corrected chi connectivity index (χ0v) is 21.2. The van der Waals surface area contributed by atoms with Crippen LogP contribution in [0.3, 0.4) is 0 Å². The molecule has 0 spiro atoms. The second kappa shape index (κ2) is 10.9. The maximum absolute atomic E-state index is 13.4. The van der Waals surface area contributed by atoms with Crippen LogP contribution in [-0.4, -0.2) is 28.2 Å². The van der Waals surface area contributed by atoms with E-state index in [9.17, 15) is 14.0 Å². The third-order valence-electron chi connectivity index (χ3n) is 6.47. The summed E-state index contributed by atoms with van der Waals surface area (Å²) in [7, 11) is 0. The molecular weight excluding hydrogens is 485 g/mol. The number of aromatic nitrogens is 1. The predicted octanol–water partition coefficient (Wildman–Crippen LogP) is 5.78. The molecule has 7 nitrogen and oxygen atoms in total. The molecular formula is C30H28FN3O4. The minimum Gasteiger partial charge on any atom is -0.484 e. The van der Waals surface area contributed by atoms with Crippen LogP contribution in [0.2, 0.25) is 0 Å². The second-order valence-corrected chi connectivity index (χ2v) is 9.49. The molecule has 0 fully saturated rings. The molecule has 3 aromatic carbocycles. The lowest BCUT2D eigenvalue weighted by molar-refractivity contribution is -0.136. The Bertz CT molecular complexity index is 1450. The standard InChI is InChI=1S/C30H28FN3O4/c1-19(2)30(36)34-14-13-20-11-12-24(16-25(20)28(34)21-7-4-3-5-8-21)37-18-27-33-26(17-38-27)29(35)32-23-10-6-9-22(31)15-23/h3-12,15-17,19,28H,13-14,18H2,1-2H3,(H,32,35). The Balaban J connectivity index is 1.32. The number of oxazole rings is 1. The van der Waals surface area contributed by atoms with Crippen molar-refractivity contribution in [1.82, 2.24) is 9.88 Å². The lowest BCUT2D eigenvalue weighted by Crippen LogP contribution is -2.42. The van der Waals surface area contributed by atoms with Crippen LogP contribution in [0.4, 0.5) is 10.1 Å². The van der Waals surface area contributed by atoms with Crippen molar-refractivity contribution in [1.29, 1.82) is 0 Å². The van der Waals surface area contributed by atoms with Crippen LogP contribution in [0.1, 0.15) is 53.0 Å². The van der Waals surface area contributed by atoms with Gasteiger partial charge in [0.1, 0.15) is 17.8 Å². The molecule has 194 valence electrons. The van der Waals surface area contributed by atoms with E-state index in [0.717, 1.165) is 17.5 Å². The third-order valence-corrected chi connectivity index (χ3v) is 6.47. The van der Waals surface area contributed by atoms with Crippen LogP contribution in [-0.2, 0) is 17.8 Å². The van der Waals surface area contributed by atoms with Gasteiger partial charge in [0.05, 0.1) is 6.04 Å². The van der Waals surface area contributed by atoms with Crippen molar-refractivity contribution in [2.24, 2.45) is 5.92 Å². The van der Waals surface area contributed by atoms with Crippen molar-refractivity contribution in [2.45, 2.75) is 32.9 Å². The minimum absolute atomic E-state index is 0.0106. The summed E-state index contributed by atoms with van der Waals surface area (Å²) >= 11 is 0. The van der Waals surface area contributed by atoms with E-state index in [2.05, 4.69) is 10.3 Å². The molecule has 1 N–H and O–H groups in total. The van der Waals surface area contributed by atoms with E-state index in [1.807, 2.05) is 67.3 Å². The zero-order valence-electron chi connectivity index (χ0n) is 21.2. The van der Waals surface area contributed by atoms with E-state index < -0.39 is 11.7 Å². The Morgan fingerprint density at radius 3 is 2.68 bits per heavy atom. The number of halogens is 1. The number of ether oxygens (including phenoxy) is 1. The fourth-order valence-corrected chi connectivity index (χ4v) is 4.63. The first kappa shape index (κ1) is 25.2. The molecule has 0 saturated carbocycles. The number of hydrogen-bond donors (Lipinski definition) is 1. The maximum atomic E-state index is 13.4. The number of carbonyl (C=O) groups excluding carboxylic acids is 2. The molecule has 1 atom stereocenters.